The Balaban J connectivity index is 1.81. The zero-order chi connectivity index (χ0) is 14.3. The van der Waals surface area contributed by atoms with E-state index in [4.69, 9.17) is 11.5 Å². The maximum atomic E-state index is 11.2. The van der Waals surface area contributed by atoms with Crippen molar-refractivity contribution in [1.29, 1.82) is 0 Å². The van der Waals surface area contributed by atoms with Crippen molar-refractivity contribution in [1.82, 2.24) is 24.6 Å². The lowest BCUT2D eigenvalue weighted by atomic mass is 10.1. The molecule has 1 saturated heterocycles. The number of carbonyl (C=O) groups is 1. The highest BCUT2D eigenvalue weighted by Gasteiger charge is 2.27. The minimum atomic E-state index is -0.241. The monoisotopic (exact) mass is 275 g/mol. The van der Waals surface area contributed by atoms with Gasteiger partial charge in [0.15, 0.2) is 5.65 Å². The summed E-state index contributed by atoms with van der Waals surface area (Å²) in [6, 6.07) is 0. The van der Waals surface area contributed by atoms with Crippen LogP contribution >= 0.6 is 0 Å². The third-order valence-electron chi connectivity index (χ3n) is 3.71. The van der Waals surface area contributed by atoms with E-state index in [1.165, 1.54) is 0 Å². The van der Waals surface area contributed by atoms with Crippen LogP contribution < -0.4 is 11.5 Å². The van der Waals surface area contributed by atoms with Crippen LogP contribution in [0.1, 0.15) is 12.2 Å². The van der Waals surface area contributed by atoms with Crippen LogP contribution in [0.3, 0.4) is 0 Å². The standard InChI is InChI=1S/C12H17N7O/c1-18-12-8(4-15-18)10(13)16-9(17-12)6-19-3-2-7(5-19)11(14)20/h4,7H,2-3,5-6H2,1H3,(H2,14,20)(H2,13,16,17). The van der Waals surface area contributed by atoms with Gasteiger partial charge in [0.2, 0.25) is 5.91 Å². The van der Waals surface area contributed by atoms with E-state index in [9.17, 15) is 4.79 Å². The Morgan fingerprint density at radius 2 is 2.30 bits per heavy atom. The molecule has 3 heterocycles. The van der Waals surface area contributed by atoms with Gasteiger partial charge in [0.25, 0.3) is 0 Å². The summed E-state index contributed by atoms with van der Waals surface area (Å²) in [6.07, 6.45) is 2.45. The van der Waals surface area contributed by atoms with E-state index in [1.807, 2.05) is 7.05 Å². The lowest BCUT2D eigenvalue weighted by Gasteiger charge is -2.14. The maximum Gasteiger partial charge on any atom is 0.221 e. The number of likely N-dealkylation sites (tertiary alicyclic amines) is 1. The van der Waals surface area contributed by atoms with E-state index in [2.05, 4.69) is 20.0 Å². The molecule has 20 heavy (non-hydrogen) atoms. The van der Waals surface area contributed by atoms with Gasteiger partial charge in [0, 0.05) is 13.6 Å². The van der Waals surface area contributed by atoms with Gasteiger partial charge in [-0.25, -0.2) is 9.97 Å². The average molecular weight is 275 g/mol. The van der Waals surface area contributed by atoms with E-state index in [1.54, 1.807) is 10.9 Å². The fourth-order valence-corrected chi connectivity index (χ4v) is 2.57. The molecule has 1 unspecified atom stereocenters. The largest absolute Gasteiger partial charge is 0.383 e. The third-order valence-corrected chi connectivity index (χ3v) is 3.71. The number of aromatic nitrogens is 4. The summed E-state index contributed by atoms with van der Waals surface area (Å²) < 4.78 is 1.67. The van der Waals surface area contributed by atoms with Crippen LogP contribution in [0.25, 0.3) is 11.0 Å². The first kappa shape index (κ1) is 12.8. The van der Waals surface area contributed by atoms with Crippen molar-refractivity contribution in [3.63, 3.8) is 0 Å². The number of primary amides is 1. The molecule has 0 bridgehead atoms. The summed E-state index contributed by atoms with van der Waals surface area (Å²) in [5, 5.41) is 4.88. The van der Waals surface area contributed by atoms with Crippen molar-refractivity contribution in [2.75, 3.05) is 18.8 Å². The van der Waals surface area contributed by atoms with Crippen LogP contribution in [-0.4, -0.2) is 43.6 Å². The number of nitrogens with zero attached hydrogens (tertiary/aromatic N) is 5. The Bertz CT molecular complexity index is 665. The van der Waals surface area contributed by atoms with Crippen LogP contribution in [0.15, 0.2) is 6.20 Å². The molecule has 0 spiro atoms. The van der Waals surface area contributed by atoms with E-state index >= 15 is 0 Å². The number of fused-ring (bicyclic) bond motifs is 1. The van der Waals surface area contributed by atoms with Crippen LogP contribution in [0.4, 0.5) is 5.82 Å². The molecule has 1 atom stereocenters. The zero-order valence-electron chi connectivity index (χ0n) is 11.3. The highest BCUT2D eigenvalue weighted by Crippen LogP contribution is 2.20. The smallest absolute Gasteiger partial charge is 0.221 e. The molecule has 3 rings (SSSR count). The molecule has 1 aliphatic heterocycles. The van der Waals surface area contributed by atoms with Crippen LogP contribution in [-0.2, 0) is 18.4 Å². The topological polar surface area (TPSA) is 116 Å². The molecule has 106 valence electrons. The van der Waals surface area contributed by atoms with Crippen molar-refractivity contribution in [2.45, 2.75) is 13.0 Å². The molecule has 4 N–H and O–H groups in total. The third kappa shape index (κ3) is 2.18. The lowest BCUT2D eigenvalue weighted by molar-refractivity contribution is -0.121. The second-order valence-electron chi connectivity index (χ2n) is 5.15. The molecule has 1 aliphatic rings. The van der Waals surface area contributed by atoms with Gasteiger partial charge in [-0.1, -0.05) is 0 Å². The number of hydrogen-bond donors (Lipinski definition) is 2. The van der Waals surface area contributed by atoms with Crippen LogP contribution in [0, 0.1) is 5.92 Å². The van der Waals surface area contributed by atoms with Gasteiger partial charge in [-0.05, 0) is 13.0 Å². The minimum Gasteiger partial charge on any atom is -0.383 e. The minimum absolute atomic E-state index is 0.0761. The first-order chi connectivity index (χ1) is 9.54. The van der Waals surface area contributed by atoms with Gasteiger partial charge in [0.1, 0.15) is 11.6 Å². The SMILES string of the molecule is Cn1ncc2c(N)nc(CN3CCC(C(N)=O)C3)nc21. The van der Waals surface area contributed by atoms with Crippen LogP contribution in [0.2, 0.25) is 0 Å². The summed E-state index contributed by atoms with van der Waals surface area (Å²) >= 11 is 0. The average Bonchev–Trinajstić information content (AvgIpc) is 2.98. The molecule has 2 aromatic rings. The molecule has 0 aliphatic carbocycles. The predicted molar refractivity (Wildman–Crippen MR) is 73.3 cm³/mol. The van der Waals surface area contributed by atoms with Crippen LogP contribution in [0.5, 0.6) is 0 Å². The molecule has 0 aromatic carbocycles. The van der Waals surface area contributed by atoms with Gasteiger partial charge in [-0.3, -0.25) is 14.4 Å². The van der Waals surface area contributed by atoms with Gasteiger partial charge >= 0.3 is 0 Å². The highest BCUT2D eigenvalue weighted by molar-refractivity contribution is 5.84. The van der Waals surface area contributed by atoms with Crippen molar-refractivity contribution < 1.29 is 4.79 Å². The molecule has 8 nitrogen and oxygen atoms in total. The molecule has 1 fully saturated rings. The number of amides is 1. The second-order valence-corrected chi connectivity index (χ2v) is 5.15. The number of hydrogen-bond acceptors (Lipinski definition) is 6. The van der Waals surface area contributed by atoms with E-state index < -0.39 is 0 Å². The van der Waals surface area contributed by atoms with E-state index in [0.29, 0.717) is 24.7 Å². The Hall–Kier alpha value is -2.22. The number of nitrogen functional groups attached to an aromatic ring is 1. The first-order valence-corrected chi connectivity index (χ1v) is 6.50. The van der Waals surface area contributed by atoms with Gasteiger partial charge in [-0.2, -0.15) is 5.10 Å². The molecular formula is C12H17N7O. The number of anilines is 1. The Kier molecular flexibility index (Phi) is 3.01. The molecule has 8 heteroatoms. The molecule has 1 amide bonds. The summed E-state index contributed by atoms with van der Waals surface area (Å²) in [5.41, 5.74) is 12.0. The Morgan fingerprint density at radius 3 is 3.00 bits per heavy atom. The van der Waals surface area contributed by atoms with Crippen molar-refractivity contribution in [2.24, 2.45) is 18.7 Å². The summed E-state index contributed by atoms with van der Waals surface area (Å²) in [6.45, 7) is 2.04. The Morgan fingerprint density at radius 1 is 1.50 bits per heavy atom. The number of rotatable bonds is 3. The van der Waals surface area contributed by atoms with Gasteiger partial charge in [0.05, 0.1) is 24.0 Å². The highest BCUT2D eigenvalue weighted by atomic mass is 16.1. The summed E-state index contributed by atoms with van der Waals surface area (Å²) in [7, 11) is 1.82. The van der Waals surface area contributed by atoms with Crippen molar-refractivity contribution in [3.05, 3.63) is 12.0 Å². The van der Waals surface area contributed by atoms with Crippen molar-refractivity contribution in [3.8, 4) is 0 Å². The fourth-order valence-electron chi connectivity index (χ4n) is 2.57. The molecule has 0 saturated carbocycles. The first-order valence-electron chi connectivity index (χ1n) is 6.50. The molecule has 2 aromatic heterocycles. The predicted octanol–water partition coefficient (Wildman–Crippen LogP) is -0.747. The lowest BCUT2D eigenvalue weighted by Crippen LogP contribution is -2.27. The fraction of sp³-hybridized carbons (Fsp3) is 0.500. The van der Waals surface area contributed by atoms with Crippen molar-refractivity contribution >= 4 is 22.8 Å². The normalized spacial score (nSPS) is 19.8. The molecular weight excluding hydrogens is 258 g/mol. The van der Waals surface area contributed by atoms with E-state index in [-0.39, 0.29) is 11.8 Å². The van der Waals surface area contributed by atoms with E-state index in [0.717, 1.165) is 24.0 Å². The number of aryl methyl sites for hydroxylation is 1. The summed E-state index contributed by atoms with van der Waals surface area (Å²) in [5.74, 6) is 0.760. The van der Waals surface area contributed by atoms with Gasteiger partial charge in [-0.15, -0.1) is 0 Å². The zero-order valence-corrected chi connectivity index (χ0v) is 11.3. The maximum absolute atomic E-state index is 11.2. The second kappa shape index (κ2) is 4.71. The quantitative estimate of drug-likeness (QED) is 0.761. The van der Waals surface area contributed by atoms with Gasteiger partial charge < -0.3 is 11.5 Å². The number of carbonyl (C=O) groups excluding carboxylic acids is 1. The Labute approximate surface area is 115 Å². The summed E-state index contributed by atoms with van der Waals surface area (Å²) in [4.78, 5) is 22.1. The molecule has 0 radical (unpaired) electrons. The number of nitrogens with two attached hydrogens (primary N) is 2.